The molecule has 0 amide bonds. The SMILES string of the molecule is c1ccc2c(c1)NCN2N1CCNCC1. The second-order valence-electron chi connectivity index (χ2n) is 3.96. The van der Waals surface area contributed by atoms with E-state index in [-0.39, 0.29) is 0 Å². The molecule has 0 saturated carbocycles. The van der Waals surface area contributed by atoms with Crippen molar-refractivity contribution in [2.45, 2.75) is 0 Å². The Morgan fingerprint density at radius 1 is 1.07 bits per heavy atom. The zero-order chi connectivity index (χ0) is 10.1. The molecule has 1 saturated heterocycles. The van der Waals surface area contributed by atoms with Crippen molar-refractivity contribution >= 4 is 11.4 Å². The standard InChI is InChI=1S/C11H16N4/c1-2-4-11-10(3-1)13-9-15(11)14-7-5-12-6-8-14/h1-4,12-13H,5-9H2. The molecule has 2 aliphatic rings. The van der Waals surface area contributed by atoms with Crippen molar-refractivity contribution in [1.82, 2.24) is 10.3 Å². The van der Waals surface area contributed by atoms with Crippen molar-refractivity contribution in [3.63, 3.8) is 0 Å². The Bertz CT molecular complexity index is 346. The summed E-state index contributed by atoms with van der Waals surface area (Å²) in [6, 6.07) is 8.49. The molecule has 4 heteroatoms. The molecule has 0 aliphatic carbocycles. The van der Waals surface area contributed by atoms with Crippen LogP contribution in [0.2, 0.25) is 0 Å². The molecular formula is C11H16N4. The first-order valence-electron chi connectivity index (χ1n) is 5.51. The molecule has 0 spiro atoms. The highest BCUT2D eigenvalue weighted by Gasteiger charge is 2.24. The summed E-state index contributed by atoms with van der Waals surface area (Å²) >= 11 is 0. The summed E-state index contributed by atoms with van der Waals surface area (Å²) in [4.78, 5) is 0. The Kier molecular flexibility index (Phi) is 2.23. The number of rotatable bonds is 1. The van der Waals surface area contributed by atoms with Crippen LogP contribution in [-0.4, -0.2) is 37.9 Å². The van der Waals surface area contributed by atoms with Gasteiger partial charge in [-0.25, -0.2) is 5.01 Å². The fourth-order valence-corrected chi connectivity index (χ4v) is 2.24. The molecule has 0 bridgehead atoms. The molecule has 1 aromatic carbocycles. The highest BCUT2D eigenvalue weighted by molar-refractivity contribution is 5.73. The number of hydrazine groups is 1. The van der Waals surface area contributed by atoms with Gasteiger partial charge in [-0.2, -0.15) is 0 Å². The van der Waals surface area contributed by atoms with Crippen LogP contribution in [0.15, 0.2) is 24.3 Å². The smallest absolute Gasteiger partial charge is 0.103 e. The summed E-state index contributed by atoms with van der Waals surface area (Å²) in [5, 5.41) is 11.5. The maximum Gasteiger partial charge on any atom is 0.103 e. The normalized spacial score (nSPS) is 21.2. The van der Waals surface area contributed by atoms with E-state index in [2.05, 4.69) is 44.9 Å². The predicted octanol–water partition coefficient (Wildman–Crippen LogP) is 0.696. The molecule has 2 N–H and O–H groups in total. The van der Waals surface area contributed by atoms with Gasteiger partial charge < -0.3 is 10.6 Å². The fourth-order valence-electron chi connectivity index (χ4n) is 2.24. The Morgan fingerprint density at radius 3 is 2.73 bits per heavy atom. The van der Waals surface area contributed by atoms with Crippen molar-refractivity contribution in [2.24, 2.45) is 0 Å². The van der Waals surface area contributed by atoms with Crippen LogP contribution in [-0.2, 0) is 0 Å². The lowest BCUT2D eigenvalue weighted by molar-refractivity contribution is 0.226. The third-order valence-corrected chi connectivity index (χ3v) is 3.04. The first kappa shape index (κ1) is 9.00. The minimum absolute atomic E-state index is 0.902. The van der Waals surface area contributed by atoms with Gasteiger partial charge in [-0.1, -0.05) is 12.1 Å². The molecule has 4 nitrogen and oxygen atoms in total. The summed E-state index contributed by atoms with van der Waals surface area (Å²) in [5.41, 5.74) is 2.55. The molecule has 2 heterocycles. The van der Waals surface area contributed by atoms with Gasteiger partial charge in [0.05, 0.1) is 11.4 Å². The number of hydrogen-bond donors (Lipinski definition) is 2. The van der Waals surface area contributed by atoms with E-state index < -0.39 is 0 Å². The van der Waals surface area contributed by atoms with Crippen LogP contribution < -0.4 is 15.6 Å². The fraction of sp³-hybridized carbons (Fsp3) is 0.455. The van der Waals surface area contributed by atoms with E-state index >= 15 is 0 Å². The summed E-state index contributed by atoms with van der Waals surface area (Å²) in [6.07, 6.45) is 0. The highest BCUT2D eigenvalue weighted by Crippen LogP contribution is 2.31. The number of fused-ring (bicyclic) bond motifs is 1. The molecule has 0 unspecified atom stereocenters. The van der Waals surface area contributed by atoms with Crippen LogP contribution in [0.3, 0.4) is 0 Å². The number of piperazine rings is 1. The minimum atomic E-state index is 0.902. The van der Waals surface area contributed by atoms with E-state index in [1.165, 1.54) is 11.4 Å². The third kappa shape index (κ3) is 1.56. The van der Waals surface area contributed by atoms with Gasteiger partial charge in [0.1, 0.15) is 6.67 Å². The van der Waals surface area contributed by atoms with Crippen molar-refractivity contribution in [1.29, 1.82) is 0 Å². The zero-order valence-corrected chi connectivity index (χ0v) is 8.74. The van der Waals surface area contributed by atoms with Crippen LogP contribution in [0, 0.1) is 0 Å². The van der Waals surface area contributed by atoms with E-state index in [4.69, 9.17) is 0 Å². The van der Waals surface area contributed by atoms with Gasteiger partial charge in [-0.05, 0) is 12.1 Å². The molecule has 0 aromatic heterocycles. The molecule has 80 valence electrons. The second-order valence-corrected chi connectivity index (χ2v) is 3.96. The highest BCUT2D eigenvalue weighted by atomic mass is 15.7. The zero-order valence-electron chi connectivity index (χ0n) is 8.74. The van der Waals surface area contributed by atoms with Crippen molar-refractivity contribution in [3.05, 3.63) is 24.3 Å². The molecule has 1 aromatic rings. The van der Waals surface area contributed by atoms with Crippen molar-refractivity contribution < 1.29 is 0 Å². The number of hydrogen-bond acceptors (Lipinski definition) is 4. The lowest BCUT2D eigenvalue weighted by atomic mass is 10.3. The van der Waals surface area contributed by atoms with Gasteiger partial charge >= 0.3 is 0 Å². The third-order valence-electron chi connectivity index (χ3n) is 3.04. The monoisotopic (exact) mass is 204 g/mol. The summed E-state index contributed by atoms with van der Waals surface area (Å²) in [7, 11) is 0. The van der Waals surface area contributed by atoms with E-state index in [0.717, 1.165) is 32.8 Å². The Labute approximate surface area is 89.8 Å². The van der Waals surface area contributed by atoms with Crippen LogP contribution in [0.4, 0.5) is 11.4 Å². The quantitative estimate of drug-likeness (QED) is 0.705. The van der Waals surface area contributed by atoms with Crippen LogP contribution in [0.25, 0.3) is 0 Å². The topological polar surface area (TPSA) is 30.5 Å². The average molecular weight is 204 g/mol. The van der Waals surface area contributed by atoms with Gasteiger partial charge in [0.2, 0.25) is 0 Å². The van der Waals surface area contributed by atoms with E-state index in [0.29, 0.717) is 0 Å². The second kappa shape index (κ2) is 3.72. The van der Waals surface area contributed by atoms with Crippen LogP contribution >= 0.6 is 0 Å². The maximum absolute atomic E-state index is 3.41. The number of anilines is 2. The number of nitrogens with zero attached hydrogens (tertiary/aromatic N) is 2. The molecule has 1 fully saturated rings. The lowest BCUT2D eigenvalue weighted by Gasteiger charge is -2.35. The van der Waals surface area contributed by atoms with Crippen LogP contribution in [0.1, 0.15) is 0 Å². The van der Waals surface area contributed by atoms with Crippen molar-refractivity contribution in [2.75, 3.05) is 43.2 Å². The number of para-hydroxylation sites is 2. The summed E-state index contributed by atoms with van der Waals surface area (Å²) in [5.74, 6) is 0. The Balaban J connectivity index is 1.83. The number of benzene rings is 1. The first-order chi connectivity index (χ1) is 7.45. The Morgan fingerprint density at radius 2 is 1.87 bits per heavy atom. The van der Waals surface area contributed by atoms with E-state index in [9.17, 15) is 0 Å². The molecule has 0 atom stereocenters. The lowest BCUT2D eigenvalue weighted by Crippen LogP contribution is -2.52. The van der Waals surface area contributed by atoms with Crippen LogP contribution in [0.5, 0.6) is 0 Å². The first-order valence-corrected chi connectivity index (χ1v) is 5.51. The van der Waals surface area contributed by atoms with E-state index in [1.54, 1.807) is 0 Å². The summed E-state index contributed by atoms with van der Waals surface area (Å²) in [6.45, 7) is 5.25. The van der Waals surface area contributed by atoms with Gasteiger partial charge in [0.15, 0.2) is 0 Å². The van der Waals surface area contributed by atoms with Gasteiger partial charge in [0.25, 0.3) is 0 Å². The number of nitrogens with one attached hydrogen (secondary N) is 2. The predicted molar refractivity (Wildman–Crippen MR) is 61.9 cm³/mol. The van der Waals surface area contributed by atoms with Gasteiger partial charge in [-0.15, -0.1) is 0 Å². The molecule has 0 radical (unpaired) electrons. The molecule has 15 heavy (non-hydrogen) atoms. The minimum Gasteiger partial charge on any atom is -0.365 e. The van der Waals surface area contributed by atoms with E-state index in [1.807, 2.05) is 0 Å². The van der Waals surface area contributed by atoms with Gasteiger partial charge in [-0.3, -0.25) is 5.01 Å². The Hall–Kier alpha value is -1.26. The molecule has 2 aliphatic heterocycles. The average Bonchev–Trinajstić information content (AvgIpc) is 2.74. The van der Waals surface area contributed by atoms with Gasteiger partial charge in [0, 0.05) is 26.2 Å². The molecular weight excluding hydrogens is 188 g/mol. The van der Waals surface area contributed by atoms with Crippen molar-refractivity contribution in [3.8, 4) is 0 Å². The molecule has 3 rings (SSSR count). The maximum atomic E-state index is 3.41. The summed E-state index contributed by atoms with van der Waals surface area (Å²) < 4.78 is 0. The largest absolute Gasteiger partial charge is 0.365 e.